The fourth-order valence-corrected chi connectivity index (χ4v) is 1.72. The molecule has 2 heteroatoms. The molecule has 0 bridgehead atoms. The first-order chi connectivity index (χ1) is 7.52. The van der Waals surface area contributed by atoms with Gasteiger partial charge in [-0.2, -0.15) is 0 Å². The Bertz CT molecular complexity index is 388. The van der Waals surface area contributed by atoms with E-state index in [1.54, 1.807) is 6.92 Å². The van der Waals surface area contributed by atoms with E-state index in [1.807, 2.05) is 44.2 Å². The summed E-state index contributed by atoms with van der Waals surface area (Å²) in [4.78, 5) is 10.9. The third-order valence-electron chi connectivity index (χ3n) is 2.72. The maximum Gasteiger partial charge on any atom is 0.0671 e. The Kier molecular flexibility index (Phi) is 4.29. The lowest BCUT2D eigenvalue weighted by Gasteiger charge is -2.16. The van der Waals surface area contributed by atoms with Crippen molar-refractivity contribution in [1.82, 2.24) is 0 Å². The van der Waals surface area contributed by atoms with E-state index in [9.17, 15) is 9.90 Å². The second kappa shape index (κ2) is 5.50. The first-order valence-electron chi connectivity index (χ1n) is 5.47. The van der Waals surface area contributed by atoms with Crippen LogP contribution in [0.3, 0.4) is 0 Å². The summed E-state index contributed by atoms with van der Waals surface area (Å²) < 4.78 is 0. The van der Waals surface area contributed by atoms with E-state index in [2.05, 4.69) is 0 Å². The average Bonchev–Trinajstić information content (AvgIpc) is 2.26. The summed E-state index contributed by atoms with van der Waals surface area (Å²) in [6, 6.07) is 9.88. The van der Waals surface area contributed by atoms with E-state index in [0.29, 0.717) is 12.0 Å². The lowest BCUT2D eigenvalue weighted by Crippen LogP contribution is -2.25. The Labute approximate surface area is 96.6 Å². The third kappa shape index (κ3) is 3.23. The summed E-state index contributed by atoms with van der Waals surface area (Å²) in [5, 5.41) is 10.9. The number of aliphatic carboxylic acids is 1. The van der Waals surface area contributed by atoms with Gasteiger partial charge in [0.2, 0.25) is 0 Å². The molecule has 0 aliphatic carbocycles. The fraction of sp³-hybridized carbons (Fsp3) is 0.357. The highest BCUT2D eigenvalue weighted by atomic mass is 16.4. The largest absolute Gasteiger partial charge is 0.545 e. The van der Waals surface area contributed by atoms with Crippen LogP contribution < -0.4 is 5.11 Å². The molecule has 0 unspecified atom stereocenters. The molecule has 0 radical (unpaired) electrons. The Morgan fingerprint density at radius 3 is 2.25 bits per heavy atom. The van der Waals surface area contributed by atoms with Gasteiger partial charge in [0.15, 0.2) is 0 Å². The van der Waals surface area contributed by atoms with E-state index in [4.69, 9.17) is 0 Å². The predicted molar refractivity (Wildman–Crippen MR) is 62.7 cm³/mol. The Hall–Kier alpha value is -1.57. The monoisotopic (exact) mass is 217 g/mol. The molecule has 0 N–H and O–H groups in total. The average molecular weight is 217 g/mol. The van der Waals surface area contributed by atoms with Crippen molar-refractivity contribution in [3.63, 3.8) is 0 Å². The molecule has 0 heterocycles. The van der Waals surface area contributed by atoms with Crippen LogP contribution in [0.25, 0.3) is 0 Å². The third-order valence-corrected chi connectivity index (χ3v) is 2.72. The summed E-state index contributed by atoms with van der Waals surface area (Å²) in [5.74, 6) is -0.849. The van der Waals surface area contributed by atoms with Gasteiger partial charge in [-0.3, -0.25) is 0 Å². The van der Waals surface area contributed by atoms with Crippen LogP contribution in [0, 0.1) is 5.92 Å². The lowest BCUT2D eigenvalue weighted by molar-refractivity contribution is -0.299. The molecule has 0 aromatic heterocycles. The van der Waals surface area contributed by atoms with Crippen LogP contribution in [0.1, 0.15) is 26.3 Å². The van der Waals surface area contributed by atoms with Crippen LogP contribution in [0.2, 0.25) is 0 Å². The van der Waals surface area contributed by atoms with Gasteiger partial charge in [-0.05, 0) is 30.4 Å². The van der Waals surface area contributed by atoms with Crippen LogP contribution in [0.5, 0.6) is 0 Å². The molecule has 0 saturated heterocycles. The molecule has 2 nitrogen and oxygen atoms in total. The number of hydrogen-bond acceptors (Lipinski definition) is 2. The van der Waals surface area contributed by atoms with Gasteiger partial charge in [-0.1, -0.05) is 49.8 Å². The van der Waals surface area contributed by atoms with E-state index in [-0.39, 0.29) is 5.92 Å². The van der Waals surface area contributed by atoms with Crippen molar-refractivity contribution in [3.8, 4) is 0 Å². The first kappa shape index (κ1) is 12.5. The van der Waals surface area contributed by atoms with Gasteiger partial charge < -0.3 is 9.90 Å². The van der Waals surface area contributed by atoms with Crippen molar-refractivity contribution in [1.29, 1.82) is 0 Å². The van der Waals surface area contributed by atoms with Crippen molar-refractivity contribution < 1.29 is 9.90 Å². The van der Waals surface area contributed by atoms with Gasteiger partial charge in [0.1, 0.15) is 0 Å². The van der Waals surface area contributed by atoms with E-state index in [1.165, 1.54) is 0 Å². The Morgan fingerprint density at radius 1 is 1.25 bits per heavy atom. The second-order valence-electron chi connectivity index (χ2n) is 4.25. The summed E-state index contributed by atoms with van der Waals surface area (Å²) in [6.07, 6.45) is 0.679. The van der Waals surface area contributed by atoms with E-state index >= 15 is 0 Å². The van der Waals surface area contributed by atoms with Crippen molar-refractivity contribution in [3.05, 3.63) is 47.0 Å². The zero-order valence-corrected chi connectivity index (χ0v) is 9.99. The molecule has 0 aliphatic rings. The number of carbonyl (C=O) groups excluding carboxylic acids is 1. The van der Waals surface area contributed by atoms with Gasteiger partial charge in [-0.15, -0.1) is 0 Å². The van der Waals surface area contributed by atoms with Gasteiger partial charge in [0.05, 0.1) is 5.97 Å². The molecule has 0 fully saturated rings. The number of benzene rings is 1. The number of carbonyl (C=O) groups is 1. The summed E-state index contributed by atoms with van der Waals surface area (Å²) in [6.45, 7) is 5.63. The van der Waals surface area contributed by atoms with Crippen LogP contribution in [-0.4, -0.2) is 5.97 Å². The van der Waals surface area contributed by atoms with Crippen molar-refractivity contribution in [2.75, 3.05) is 0 Å². The number of allylic oxidation sites excluding steroid dienone is 1. The van der Waals surface area contributed by atoms with Crippen molar-refractivity contribution in [2.45, 2.75) is 27.2 Å². The van der Waals surface area contributed by atoms with Gasteiger partial charge in [0, 0.05) is 0 Å². The molecule has 0 aliphatic heterocycles. The maximum atomic E-state index is 10.9. The normalized spacial score (nSPS) is 12.5. The molecular formula is C14H17O2-. The standard InChI is InChI=1S/C14H18O2/c1-10(2)13(11(3)14(15)16)9-12-7-5-4-6-8-12/h4-8,10H,9H2,1-3H3,(H,15,16)/p-1/b13-11+. The smallest absolute Gasteiger partial charge is 0.0671 e. The Morgan fingerprint density at radius 2 is 1.81 bits per heavy atom. The Balaban J connectivity index is 2.98. The number of rotatable bonds is 4. The highest BCUT2D eigenvalue weighted by Crippen LogP contribution is 2.19. The minimum absolute atomic E-state index is 0.220. The van der Waals surface area contributed by atoms with E-state index in [0.717, 1.165) is 11.1 Å². The molecule has 0 amide bonds. The zero-order valence-electron chi connectivity index (χ0n) is 9.99. The highest BCUT2D eigenvalue weighted by Gasteiger charge is 2.09. The van der Waals surface area contributed by atoms with Crippen LogP contribution in [0.15, 0.2) is 41.5 Å². The van der Waals surface area contributed by atoms with E-state index < -0.39 is 5.97 Å². The topological polar surface area (TPSA) is 40.1 Å². The summed E-state index contributed by atoms with van der Waals surface area (Å²) >= 11 is 0. The van der Waals surface area contributed by atoms with Gasteiger partial charge in [-0.25, -0.2) is 0 Å². The summed E-state index contributed by atoms with van der Waals surface area (Å²) in [5.41, 5.74) is 2.43. The molecule has 1 aromatic rings. The van der Waals surface area contributed by atoms with Gasteiger partial charge >= 0.3 is 0 Å². The number of hydrogen-bond donors (Lipinski definition) is 0. The number of carboxylic acids is 1. The molecule has 86 valence electrons. The quantitative estimate of drug-likeness (QED) is 0.723. The molecular weight excluding hydrogens is 200 g/mol. The van der Waals surface area contributed by atoms with Crippen molar-refractivity contribution >= 4 is 5.97 Å². The van der Waals surface area contributed by atoms with Crippen LogP contribution >= 0.6 is 0 Å². The maximum absolute atomic E-state index is 10.9. The number of carboxylic acid groups (broad SMARTS) is 1. The summed E-state index contributed by atoms with van der Waals surface area (Å²) in [7, 11) is 0. The lowest BCUT2D eigenvalue weighted by atomic mass is 9.92. The molecule has 0 atom stereocenters. The first-order valence-corrected chi connectivity index (χ1v) is 5.47. The molecule has 1 rings (SSSR count). The van der Waals surface area contributed by atoms with Crippen LogP contribution in [-0.2, 0) is 11.2 Å². The molecule has 16 heavy (non-hydrogen) atoms. The van der Waals surface area contributed by atoms with Crippen LogP contribution in [0.4, 0.5) is 0 Å². The predicted octanol–water partition coefficient (Wildman–Crippen LogP) is 1.95. The fourth-order valence-electron chi connectivity index (χ4n) is 1.72. The molecule has 0 saturated carbocycles. The molecule has 0 spiro atoms. The van der Waals surface area contributed by atoms with Gasteiger partial charge in [0.25, 0.3) is 0 Å². The second-order valence-corrected chi connectivity index (χ2v) is 4.25. The zero-order chi connectivity index (χ0) is 12.1. The van der Waals surface area contributed by atoms with Crippen molar-refractivity contribution in [2.24, 2.45) is 5.92 Å². The minimum Gasteiger partial charge on any atom is -0.545 e. The SMILES string of the molecule is C/C(C(=O)[O-])=C(/Cc1ccccc1)C(C)C. The molecule has 1 aromatic carbocycles. The minimum atomic E-state index is -1.07. The highest BCUT2D eigenvalue weighted by molar-refractivity contribution is 5.85.